The van der Waals surface area contributed by atoms with Crippen molar-refractivity contribution in [3.8, 4) is 0 Å². The summed E-state index contributed by atoms with van der Waals surface area (Å²) in [5, 5.41) is 1.61. The monoisotopic (exact) mass is 468 g/mol. The largest absolute Gasteiger partial charge is 0.436 e. The number of fused-ring (bicyclic) bond motifs is 1. The van der Waals surface area contributed by atoms with Crippen molar-refractivity contribution in [2.75, 3.05) is 18.5 Å². The Balaban J connectivity index is 1.72. The summed E-state index contributed by atoms with van der Waals surface area (Å²) in [6.07, 6.45) is -3.23. The second kappa shape index (κ2) is 8.52. The van der Waals surface area contributed by atoms with Crippen LogP contribution in [0.3, 0.4) is 0 Å². The fraction of sp³-hybridized carbons (Fsp3) is 0.300. The number of amides is 1. The molecule has 8 nitrogen and oxygen atoms in total. The number of imidazole rings is 1. The predicted octanol–water partition coefficient (Wildman–Crippen LogP) is 3.06. The molecule has 0 spiro atoms. The van der Waals surface area contributed by atoms with Crippen LogP contribution in [0, 0.1) is 0 Å². The van der Waals surface area contributed by atoms with Gasteiger partial charge in [-0.3, -0.25) is 9.20 Å². The fourth-order valence-electron chi connectivity index (χ4n) is 3.42. The maximum atomic E-state index is 13.7. The molecule has 1 saturated heterocycles. The molecule has 2 aromatic heterocycles. The molecule has 32 heavy (non-hydrogen) atoms. The number of rotatable bonds is 5. The van der Waals surface area contributed by atoms with Gasteiger partial charge in [0.2, 0.25) is 0 Å². The number of para-hydroxylation sites is 1. The number of carbonyl (C=O) groups is 1. The van der Waals surface area contributed by atoms with Crippen molar-refractivity contribution in [1.29, 1.82) is 0 Å². The molecule has 1 aliphatic rings. The summed E-state index contributed by atoms with van der Waals surface area (Å²) in [5.74, 6) is -0.569. The van der Waals surface area contributed by atoms with E-state index in [1.54, 1.807) is 30.3 Å². The van der Waals surface area contributed by atoms with Gasteiger partial charge in [-0.15, -0.1) is 0 Å². The zero-order valence-corrected chi connectivity index (χ0v) is 17.4. The van der Waals surface area contributed by atoms with E-state index >= 15 is 0 Å². The standard InChI is InChI=1S/C20H19F3N4O4S/c21-20(22,23)17-19(32(29,30)26-15-7-10-31-11-8-15)27-9-6-13(12-16(27)25-17)18(28)24-14-4-2-1-3-5-14/h1-6,9,12,15,26H,7-8,10-11H2,(H,24,28). The van der Waals surface area contributed by atoms with Gasteiger partial charge in [0.25, 0.3) is 15.9 Å². The van der Waals surface area contributed by atoms with Gasteiger partial charge in [0.05, 0.1) is 0 Å². The van der Waals surface area contributed by atoms with E-state index in [-0.39, 0.29) is 11.2 Å². The van der Waals surface area contributed by atoms with Crippen LogP contribution in [0.1, 0.15) is 28.9 Å². The number of ether oxygens (including phenoxy) is 1. The number of halogens is 3. The molecule has 0 unspecified atom stereocenters. The molecule has 2 N–H and O–H groups in total. The van der Waals surface area contributed by atoms with E-state index in [0.29, 0.717) is 31.7 Å². The van der Waals surface area contributed by atoms with Gasteiger partial charge in [-0.25, -0.2) is 18.1 Å². The van der Waals surface area contributed by atoms with Crippen LogP contribution in [0.4, 0.5) is 18.9 Å². The molecule has 0 saturated carbocycles. The molecular formula is C20H19F3N4O4S. The second-order valence-electron chi connectivity index (χ2n) is 7.24. The van der Waals surface area contributed by atoms with Crippen LogP contribution in [0.15, 0.2) is 53.7 Å². The molecule has 12 heteroatoms. The second-order valence-corrected chi connectivity index (χ2v) is 8.86. The van der Waals surface area contributed by atoms with Crippen molar-refractivity contribution in [2.24, 2.45) is 0 Å². The first-order valence-corrected chi connectivity index (χ1v) is 11.2. The predicted molar refractivity (Wildman–Crippen MR) is 109 cm³/mol. The highest BCUT2D eigenvalue weighted by molar-refractivity contribution is 7.89. The molecule has 1 aliphatic heterocycles. The van der Waals surface area contributed by atoms with E-state index in [4.69, 9.17) is 4.74 Å². The van der Waals surface area contributed by atoms with E-state index in [0.717, 1.165) is 16.7 Å². The lowest BCUT2D eigenvalue weighted by Crippen LogP contribution is -2.39. The van der Waals surface area contributed by atoms with Crippen LogP contribution in [-0.4, -0.2) is 43.0 Å². The third-order valence-electron chi connectivity index (χ3n) is 4.94. The summed E-state index contributed by atoms with van der Waals surface area (Å²) in [6.45, 7) is 0.624. The van der Waals surface area contributed by atoms with Gasteiger partial charge >= 0.3 is 6.18 Å². The van der Waals surface area contributed by atoms with Gasteiger partial charge in [-0.2, -0.15) is 13.2 Å². The molecule has 0 atom stereocenters. The number of carbonyl (C=O) groups excluding carboxylic acids is 1. The first-order valence-electron chi connectivity index (χ1n) is 9.71. The number of hydrogen-bond acceptors (Lipinski definition) is 5. The molecule has 3 aromatic rings. The Morgan fingerprint density at radius 1 is 1.12 bits per heavy atom. The third-order valence-corrected chi connectivity index (χ3v) is 6.49. The van der Waals surface area contributed by atoms with Gasteiger partial charge in [0, 0.05) is 36.7 Å². The summed E-state index contributed by atoms with van der Waals surface area (Å²) >= 11 is 0. The Kier molecular flexibility index (Phi) is 5.93. The molecule has 0 bridgehead atoms. The van der Waals surface area contributed by atoms with Crippen molar-refractivity contribution in [3.63, 3.8) is 0 Å². The van der Waals surface area contributed by atoms with Crippen LogP contribution in [0.5, 0.6) is 0 Å². The number of hydrogen-bond donors (Lipinski definition) is 2. The van der Waals surface area contributed by atoms with Crippen LogP contribution in [-0.2, 0) is 20.9 Å². The Morgan fingerprint density at radius 2 is 1.81 bits per heavy atom. The molecule has 1 amide bonds. The molecule has 1 aromatic carbocycles. The minimum Gasteiger partial charge on any atom is -0.381 e. The molecule has 170 valence electrons. The fourth-order valence-corrected chi connectivity index (χ4v) is 5.04. The Bertz CT molecular complexity index is 1240. The molecule has 1 fully saturated rings. The van der Waals surface area contributed by atoms with Crippen molar-refractivity contribution >= 4 is 27.3 Å². The Morgan fingerprint density at radius 3 is 2.47 bits per heavy atom. The van der Waals surface area contributed by atoms with Gasteiger partial charge in [-0.1, -0.05) is 18.2 Å². The highest BCUT2D eigenvalue weighted by Gasteiger charge is 2.43. The lowest BCUT2D eigenvalue weighted by atomic mass is 10.1. The summed E-state index contributed by atoms with van der Waals surface area (Å²) in [5.41, 5.74) is -1.33. The number of nitrogens with zero attached hydrogens (tertiary/aromatic N) is 2. The third kappa shape index (κ3) is 4.61. The number of aromatic nitrogens is 2. The Labute approximate surface area is 181 Å². The van der Waals surface area contributed by atoms with Crippen LogP contribution < -0.4 is 10.0 Å². The average Bonchev–Trinajstić information content (AvgIpc) is 3.15. The summed E-state index contributed by atoms with van der Waals surface area (Å²) in [7, 11) is -4.56. The van der Waals surface area contributed by atoms with Gasteiger partial charge in [-0.05, 0) is 37.1 Å². The highest BCUT2D eigenvalue weighted by atomic mass is 32.2. The first kappa shape index (κ1) is 22.2. The maximum Gasteiger partial charge on any atom is 0.436 e. The topological polar surface area (TPSA) is 102 Å². The van der Waals surface area contributed by atoms with E-state index in [9.17, 15) is 26.4 Å². The number of nitrogens with one attached hydrogen (secondary N) is 2. The van der Waals surface area contributed by atoms with Gasteiger partial charge < -0.3 is 10.1 Å². The number of anilines is 1. The smallest absolute Gasteiger partial charge is 0.381 e. The van der Waals surface area contributed by atoms with E-state index in [2.05, 4.69) is 15.0 Å². The van der Waals surface area contributed by atoms with E-state index in [1.165, 1.54) is 6.07 Å². The van der Waals surface area contributed by atoms with Crippen molar-refractivity contribution in [2.45, 2.75) is 30.1 Å². The van der Waals surface area contributed by atoms with Crippen molar-refractivity contribution < 1.29 is 31.1 Å². The Hall–Kier alpha value is -2.96. The molecule has 4 rings (SSSR count). The SMILES string of the molecule is O=C(Nc1ccccc1)c1ccn2c(S(=O)(=O)NC3CCOCC3)c(C(F)(F)F)nc2c1. The zero-order chi connectivity index (χ0) is 22.9. The van der Waals surface area contributed by atoms with Crippen LogP contribution >= 0.6 is 0 Å². The van der Waals surface area contributed by atoms with Crippen molar-refractivity contribution in [1.82, 2.24) is 14.1 Å². The first-order chi connectivity index (χ1) is 15.1. The summed E-state index contributed by atoms with van der Waals surface area (Å²) in [4.78, 5) is 16.0. The summed E-state index contributed by atoms with van der Waals surface area (Å²) in [6, 6.07) is 10.3. The highest BCUT2D eigenvalue weighted by Crippen LogP contribution is 2.34. The number of alkyl halides is 3. The van der Waals surface area contributed by atoms with E-state index < -0.39 is 38.9 Å². The average molecular weight is 468 g/mol. The molecular weight excluding hydrogens is 449 g/mol. The van der Waals surface area contributed by atoms with Crippen molar-refractivity contribution in [3.05, 3.63) is 59.9 Å². The van der Waals surface area contributed by atoms with E-state index in [1.807, 2.05) is 0 Å². The lowest BCUT2D eigenvalue weighted by molar-refractivity contribution is -0.143. The lowest BCUT2D eigenvalue weighted by Gasteiger charge is -2.23. The van der Waals surface area contributed by atoms with Crippen LogP contribution in [0.25, 0.3) is 5.65 Å². The van der Waals surface area contributed by atoms with Gasteiger partial charge in [0.15, 0.2) is 10.7 Å². The minimum absolute atomic E-state index is 0.0291. The normalized spacial score (nSPS) is 15.7. The van der Waals surface area contributed by atoms with Crippen LogP contribution in [0.2, 0.25) is 0 Å². The molecule has 3 heterocycles. The number of pyridine rings is 1. The zero-order valence-electron chi connectivity index (χ0n) is 16.6. The molecule has 0 radical (unpaired) electrons. The summed E-state index contributed by atoms with van der Waals surface area (Å²) < 4.78 is 75.2. The number of benzene rings is 1. The quantitative estimate of drug-likeness (QED) is 0.599. The molecule has 0 aliphatic carbocycles. The van der Waals surface area contributed by atoms with Gasteiger partial charge in [0.1, 0.15) is 5.65 Å². The maximum absolute atomic E-state index is 13.7. The minimum atomic E-state index is -5.02. The number of sulfonamides is 1.